The lowest BCUT2D eigenvalue weighted by Crippen LogP contribution is -2.19. The van der Waals surface area contributed by atoms with Crippen molar-refractivity contribution in [3.63, 3.8) is 0 Å². The van der Waals surface area contributed by atoms with E-state index in [4.69, 9.17) is 0 Å². The van der Waals surface area contributed by atoms with Gasteiger partial charge in [0.05, 0.1) is 0 Å². The van der Waals surface area contributed by atoms with Crippen LogP contribution in [0.25, 0.3) is 0 Å². The molecular weight excluding hydrogens is 218 g/mol. The van der Waals surface area contributed by atoms with Crippen LogP contribution in [0.3, 0.4) is 0 Å². The summed E-state index contributed by atoms with van der Waals surface area (Å²) in [4.78, 5) is 0. The summed E-state index contributed by atoms with van der Waals surface area (Å²) in [5.41, 5.74) is 4.66. The van der Waals surface area contributed by atoms with E-state index in [0.717, 1.165) is 5.92 Å². The fourth-order valence-corrected chi connectivity index (χ4v) is 3.24. The molecule has 1 aliphatic carbocycles. The number of hydrogen-bond donors (Lipinski definition) is 1. The minimum Gasteiger partial charge on any atom is -0.313 e. The van der Waals surface area contributed by atoms with Gasteiger partial charge < -0.3 is 5.32 Å². The summed E-state index contributed by atoms with van der Waals surface area (Å²) in [5.74, 6) is 0.806. The molecule has 100 valence electrons. The predicted octanol–water partition coefficient (Wildman–Crippen LogP) is 4.26. The molecule has 0 bridgehead atoms. The van der Waals surface area contributed by atoms with E-state index < -0.39 is 0 Å². The van der Waals surface area contributed by atoms with Gasteiger partial charge in [0.2, 0.25) is 0 Å². The van der Waals surface area contributed by atoms with E-state index in [9.17, 15) is 0 Å². The van der Waals surface area contributed by atoms with Gasteiger partial charge in [-0.05, 0) is 55.3 Å². The number of benzene rings is 1. The van der Waals surface area contributed by atoms with E-state index in [-0.39, 0.29) is 0 Å². The zero-order valence-corrected chi connectivity index (χ0v) is 12.1. The van der Waals surface area contributed by atoms with Gasteiger partial charge in [-0.2, -0.15) is 0 Å². The lowest BCUT2D eigenvalue weighted by molar-refractivity contribution is 0.407. The highest BCUT2D eigenvalue weighted by atomic mass is 14.9. The topological polar surface area (TPSA) is 12.0 Å². The van der Waals surface area contributed by atoms with Crippen molar-refractivity contribution >= 4 is 0 Å². The SMILES string of the molecule is CCCC(C)CC(NC)c1ccc2c(c1)CCC2. The van der Waals surface area contributed by atoms with E-state index in [2.05, 4.69) is 44.4 Å². The Balaban J connectivity index is 2.07. The van der Waals surface area contributed by atoms with Crippen molar-refractivity contribution in [3.8, 4) is 0 Å². The minimum atomic E-state index is 0.525. The van der Waals surface area contributed by atoms with E-state index in [1.54, 1.807) is 11.1 Å². The van der Waals surface area contributed by atoms with Crippen LogP contribution in [0.5, 0.6) is 0 Å². The zero-order valence-electron chi connectivity index (χ0n) is 12.1. The van der Waals surface area contributed by atoms with Gasteiger partial charge >= 0.3 is 0 Å². The van der Waals surface area contributed by atoms with Crippen molar-refractivity contribution in [1.82, 2.24) is 5.32 Å². The van der Waals surface area contributed by atoms with Crippen LogP contribution in [0, 0.1) is 5.92 Å². The highest BCUT2D eigenvalue weighted by molar-refractivity contribution is 5.36. The smallest absolute Gasteiger partial charge is 0.0320 e. The lowest BCUT2D eigenvalue weighted by atomic mass is 9.91. The Hall–Kier alpha value is -0.820. The highest BCUT2D eigenvalue weighted by Gasteiger charge is 2.16. The molecule has 0 heterocycles. The Kier molecular flexibility index (Phi) is 4.82. The molecule has 0 fully saturated rings. The molecule has 18 heavy (non-hydrogen) atoms. The average molecular weight is 245 g/mol. The molecule has 0 aromatic heterocycles. The first-order chi connectivity index (χ1) is 8.74. The van der Waals surface area contributed by atoms with Crippen LogP contribution < -0.4 is 5.32 Å². The van der Waals surface area contributed by atoms with Crippen LogP contribution in [0.4, 0.5) is 0 Å². The van der Waals surface area contributed by atoms with Gasteiger partial charge in [-0.1, -0.05) is 44.9 Å². The molecule has 0 aliphatic heterocycles. The fraction of sp³-hybridized carbons (Fsp3) is 0.647. The predicted molar refractivity (Wildman–Crippen MR) is 79.0 cm³/mol. The second-order valence-corrected chi connectivity index (χ2v) is 5.85. The summed E-state index contributed by atoms with van der Waals surface area (Å²) in [6.07, 6.45) is 7.79. The third-order valence-corrected chi connectivity index (χ3v) is 4.29. The molecule has 1 aliphatic rings. The minimum absolute atomic E-state index is 0.525. The van der Waals surface area contributed by atoms with Gasteiger partial charge in [0.15, 0.2) is 0 Å². The summed E-state index contributed by atoms with van der Waals surface area (Å²) in [6, 6.07) is 7.66. The van der Waals surface area contributed by atoms with Crippen molar-refractivity contribution in [3.05, 3.63) is 34.9 Å². The zero-order chi connectivity index (χ0) is 13.0. The Labute approximate surface area is 112 Å². The maximum Gasteiger partial charge on any atom is 0.0320 e. The molecule has 0 spiro atoms. The van der Waals surface area contributed by atoms with Gasteiger partial charge in [0.1, 0.15) is 0 Å². The Bertz CT molecular complexity index is 383. The molecule has 0 saturated carbocycles. The number of fused-ring (bicyclic) bond motifs is 1. The Morgan fingerprint density at radius 2 is 2.00 bits per heavy atom. The van der Waals surface area contributed by atoms with Gasteiger partial charge in [-0.25, -0.2) is 0 Å². The van der Waals surface area contributed by atoms with Crippen LogP contribution in [0.2, 0.25) is 0 Å². The van der Waals surface area contributed by atoms with Crippen LogP contribution in [0.15, 0.2) is 18.2 Å². The number of aryl methyl sites for hydroxylation is 2. The molecule has 1 nitrogen and oxygen atoms in total. The van der Waals surface area contributed by atoms with E-state index in [1.165, 1.54) is 44.1 Å². The molecule has 1 aromatic rings. The molecule has 2 atom stereocenters. The monoisotopic (exact) mass is 245 g/mol. The summed E-state index contributed by atoms with van der Waals surface area (Å²) >= 11 is 0. The fourth-order valence-electron chi connectivity index (χ4n) is 3.24. The summed E-state index contributed by atoms with van der Waals surface area (Å²) in [7, 11) is 2.09. The third-order valence-electron chi connectivity index (χ3n) is 4.29. The maximum atomic E-state index is 3.50. The number of nitrogens with one attached hydrogen (secondary N) is 1. The Morgan fingerprint density at radius 3 is 2.72 bits per heavy atom. The second-order valence-electron chi connectivity index (χ2n) is 5.85. The van der Waals surface area contributed by atoms with E-state index in [0.29, 0.717) is 6.04 Å². The largest absolute Gasteiger partial charge is 0.313 e. The van der Waals surface area contributed by atoms with Crippen LogP contribution >= 0.6 is 0 Å². The van der Waals surface area contributed by atoms with Crippen LogP contribution in [0.1, 0.15) is 62.3 Å². The average Bonchev–Trinajstić information content (AvgIpc) is 2.83. The van der Waals surface area contributed by atoms with Crippen molar-refractivity contribution in [2.24, 2.45) is 5.92 Å². The van der Waals surface area contributed by atoms with Crippen molar-refractivity contribution < 1.29 is 0 Å². The summed E-state index contributed by atoms with van der Waals surface area (Å²) < 4.78 is 0. The standard InChI is InChI=1S/C17H27N/c1-4-6-13(2)11-17(18-3)16-10-9-14-7-5-8-15(14)12-16/h9-10,12-13,17-18H,4-8,11H2,1-3H3. The summed E-state index contributed by atoms with van der Waals surface area (Å²) in [5, 5.41) is 3.50. The Morgan fingerprint density at radius 1 is 1.22 bits per heavy atom. The molecular formula is C17H27N. The molecule has 1 N–H and O–H groups in total. The van der Waals surface area contributed by atoms with Gasteiger partial charge in [0, 0.05) is 6.04 Å². The van der Waals surface area contributed by atoms with Crippen molar-refractivity contribution in [2.45, 2.75) is 58.4 Å². The maximum absolute atomic E-state index is 3.50. The van der Waals surface area contributed by atoms with Gasteiger partial charge in [-0.15, -0.1) is 0 Å². The van der Waals surface area contributed by atoms with Crippen molar-refractivity contribution in [1.29, 1.82) is 0 Å². The molecule has 0 amide bonds. The molecule has 0 radical (unpaired) electrons. The summed E-state index contributed by atoms with van der Waals surface area (Å²) in [6.45, 7) is 4.65. The molecule has 1 aromatic carbocycles. The first kappa shape index (κ1) is 13.6. The number of rotatable bonds is 6. The first-order valence-corrected chi connectivity index (χ1v) is 7.53. The second kappa shape index (κ2) is 6.38. The quantitative estimate of drug-likeness (QED) is 0.789. The van der Waals surface area contributed by atoms with Crippen molar-refractivity contribution in [2.75, 3.05) is 7.05 Å². The lowest BCUT2D eigenvalue weighted by Gasteiger charge is -2.21. The third kappa shape index (κ3) is 3.14. The van der Waals surface area contributed by atoms with E-state index >= 15 is 0 Å². The number of hydrogen-bond acceptors (Lipinski definition) is 1. The molecule has 2 rings (SSSR count). The van der Waals surface area contributed by atoms with Gasteiger partial charge in [-0.3, -0.25) is 0 Å². The van der Waals surface area contributed by atoms with E-state index in [1.807, 2.05) is 0 Å². The molecule has 1 heteroatoms. The first-order valence-electron chi connectivity index (χ1n) is 7.53. The van der Waals surface area contributed by atoms with Crippen LogP contribution in [-0.2, 0) is 12.8 Å². The van der Waals surface area contributed by atoms with Gasteiger partial charge in [0.25, 0.3) is 0 Å². The normalized spacial score (nSPS) is 17.5. The molecule has 0 saturated heterocycles. The highest BCUT2D eigenvalue weighted by Crippen LogP contribution is 2.28. The van der Waals surface area contributed by atoms with Crippen LogP contribution in [-0.4, -0.2) is 7.05 Å². The molecule has 2 unspecified atom stereocenters.